The average molecular weight is 380 g/mol. The van der Waals surface area contributed by atoms with Crippen LogP contribution < -0.4 is 10.6 Å². The molecule has 0 spiro atoms. The van der Waals surface area contributed by atoms with E-state index < -0.39 is 0 Å². The summed E-state index contributed by atoms with van der Waals surface area (Å²) >= 11 is 0. The molecular formula is C24H20N4O. The number of aromatic nitrogens is 2. The monoisotopic (exact) mass is 380 g/mol. The van der Waals surface area contributed by atoms with Crippen LogP contribution in [0.4, 0.5) is 11.5 Å². The number of benzene rings is 2. The quantitative estimate of drug-likeness (QED) is 0.581. The van der Waals surface area contributed by atoms with Crippen LogP contribution in [0.2, 0.25) is 0 Å². The molecule has 0 unspecified atom stereocenters. The minimum Gasteiger partial charge on any atom is -0.366 e. The van der Waals surface area contributed by atoms with Crippen molar-refractivity contribution in [2.75, 3.05) is 11.4 Å². The first-order chi connectivity index (χ1) is 14.2. The molecule has 5 heteroatoms. The second-order valence-electron chi connectivity index (χ2n) is 7.26. The van der Waals surface area contributed by atoms with Crippen molar-refractivity contribution in [3.05, 3.63) is 95.3 Å². The minimum atomic E-state index is -0.380. The summed E-state index contributed by atoms with van der Waals surface area (Å²) in [5.74, 6) is 0.510. The highest BCUT2D eigenvalue weighted by Gasteiger charge is 2.25. The lowest BCUT2D eigenvalue weighted by Crippen LogP contribution is -2.15. The number of primary amides is 1. The van der Waals surface area contributed by atoms with Crippen molar-refractivity contribution < 1.29 is 4.79 Å². The lowest BCUT2D eigenvalue weighted by molar-refractivity contribution is 0.0999. The third-order valence-corrected chi connectivity index (χ3v) is 5.51. The number of amides is 1. The second-order valence-corrected chi connectivity index (χ2v) is 7.26. The Bertz CT molecular complexity index is 1230. The van der Waals surface area contributed by atoms with Crippen molar-refractivity contribution >= 4 is 28.3 Å². The Kier molecular flexibility index (Phi) is 4.21. The normalized spacial score (nSPS) is 12.9. The number of hydrogen-bond acceptors (Lipinski definition) is 4. The Morgan fingerprint density at radius 2 is 1.90 bits per heavy atom. The zero-order valence-corrected chi connectivity index (χ0v) is 15.9. The van der Waals surface area contributed by atoms with E-state index in [2.05, 4.69) is 45.2 Å². The summed E-state index contributed by atoms with van der Waals surface area (Å²) in [5.41, 5.74) is 11.6. The molecule has 2 N–H and O–H groups in total. The molecule has 1 aliphatic heterocycles. The fraction of sp³-hybridized carbons (Fsp3) is 0.125. The summed E-state index contributed by atoms with van der Waals surface area (Å²) < 4.78 is 0. The Labute approximate surface area is 168 Å². The molecule has 2 aromatic heterocycles. The van der Waals surface area contributed by atoms with Gasteiger partial charge in [0.15, 0.2) is 0 Å². The number of hydrogen-bond donors (Lipinski definition) is 1. The van der Waals surface area contributed by atoms with Crippen LogP contribution in [0.5, 0.6) is 0 Å². The van der Waals surface area contributed by atoms with Crippen LogP contribution in [0.1, 0.15) is 27.0 Å². The molecule has 0 aliphatic carbocycles. The third-order valence-electron chi connectivity index (χ3n) is 5.51. The van der Waals surface area contributed by atoms with Gasteiger partial charge in [0, 0.05) is 35.6 Å². The molecule has 1 amide bonds. The Hall–Kier alpha value is -3.73. The van der Waals surface area contributed by atoms with Gasteiger partial charge < -0.3 is 10.6 Å². The minimum absolute atomic E-state index is 0.380. The zero-order chi connectivity index (χ0) is 19.8. The van der Waals surface area contributed by atoms with Crippen molar-refractivity contribution in [2.24, 2.45) is 5.73 Å². The Morgan fingerprint density at radius 1 is 1.00 bits per heavy atom. The van der Waals surface area contributed by atoms with E-state index in [-0.39, 0.29) is 5.91 Å². The number of fused-ring (bicyclic) bond motifs is 2. The predicted octanol–water partition coefficient (Wildman–Crippen LogP) is 4.01. The maximum absolute atomic E-state index is 11.8. The molecule has 2 aromatic carbocycles. The van der Waals surface area contributed by atoms with Gasteiger partial charge in [-0.3, -0.25) is 9.78 Å². The van der Waals surface area contributed by atoms with Gasteiger partial charge in [-0.15, -0.1) is 0 Å². The van der Waals surface area contributed by atoms with Crippen LogP contribution in [0.25, 0.3) is 10.9 Å². The Morgan fingerprint density at radius 3 is 2.79 bits per heavy atom. The third kappa shape index (κ3) is 3.10. The molecule has 5 rings (SSSR count). The van der Waals surface area contributed by atoms with E-state index in [1.807, 2.05) is 36.7 Å². The van der Waals surface area contributed by atoms with Gasteiger partial charge in [-0.2, -0.15) is 0 Å². The van der Waals surface area contributed by atoms with Crippen molar-refractivity contribution in [3.8, 4) is 0 Å². The average Bonchev–Trinajstić information content (AvgIpc) is 3.18. The summed E-state index contributed by atoms with van der Waals surface area (Å²) in [7, 11) is 0. The fourth-order valence-corrected chi connectivity index (χ4v) is 4.16. The molecule has 142 valence electrons. The van der Waals surface area contributed by atoms with Gasteiger partial charge in [0.1, 0.15) is 5.82 Å². The topological polar surface area (TPSA) is 72.1 Å². The van der Waals surface area contributed by atoms with Gasteiger partial charge >= 0.3 is 0 Å². The molecule has 0 radical (unpaired) electrons. The van der Waals surface area contributed by atoms with Gasteiger partial charge in [-0.25, -0.2) is 4.98 Å². The maximum atomic E-state index is 11.8. The maximum Gasteiger partial charge on any atom is 0.249 e. The number of rotatable bonds is 4. The van der Waals surface area contributed by atoms with Crippen LogP contribution in [0.15, 0.2) is 73.1 Å². The van der Waals surface area contributed by atoms with Gasteiger partial charge in [0.2, 0.25) is 5.91 Å². The highest BCUT2D eigenvalue weighted by Crippen LogP contribution is 2.35. The van der Waals surface area contributed by atoms with E-state index in [9.17, 15) is 4.79 Å². The predicted molar refractivity (Wildman–Crippen MR) is 114 cm³/mol. The lowest BCUT2D eigenvalue weighted by atomic mass is 10.0. The van der Waals surface area contributed by atoms with Crippen LogP contribution in [0.3, 0.4) is 0 Å². The SMILES string of the molecule is NC(=O)c1cccc2c1CCN2c1cc(Cc2cccc3ncccc23)ccn1. The van der Waals surface area contributed by atoms with Crippen LogP contribution in [-0.4, -0.2) is 22.4 Å². The van der Waals surface area contributed by atoms with E-state index in [0.29, 0.717) is 5.56 Å². The summed E-state index contributed by atoms with van der Waals surface area (Å²) in [4.78, 5) is 23.0. The van der Waals surface area contributed by atoms with Crippen LogP contribution >= 0.6 is 0 Å². The molecule has 0 fully saturated rings. The summed E-state index contributed by atoms with van der Waals surface area (Å²) in [6, 6.07) is 20.2. The molecule has 0 bridgehead atoms. The van der Waals surface area contributed by atoms with Crippen molar-refractivity contribution in [3.63, 3.8) is 0 Å². The second kappa shape index (κ2) is 7.02. The van der Waals surface area contributed by atoms with Crippen molar-refractivity contribution in [1.29, 1.82) is 0 Å². The van der Waals surface area contributed by atoms with Gasteiger partial charge in [0.05, 0.1) is 5.52 Å². The number of nitrogens with zero attached hydrogens (tertiary/aromatic N) is 3. The number of anilines is 2. The van der Waals surface area contributed by atoms with E-state index in [4.69, 9.17) is 5.73 Å². The van der Waals surface area contributed by atoms with E-state index >= 15 is 0 Å². The summed E-state index contributed by atoms with van der Waals surface area (Å²) in [6.07, 6.45) is 5.27. The molecule has 29 heavy (non-hydrogen) atoms. The number of nitrogens with two attached hydrogens (primary N) is 1. The lowest BCUT2D eigenvalue weighted by Gasteiger charge is -2.19. The fourth-order valence-electron chi connectivity index (χ4n) is 4.16. The smallest absolute Gasteiger partial charge is 0.249 e. The van der Waals surface area contributed by atoms with E-state index in [1.54, 1.807) is 6.07 Å². The molecule has 4 aromatic rings. The highest BCUT2D eigenvalue weighted by atomic mass is 16.1. The largest absolute Gasteiger partial charge is 0.366 e. The number of carbonyl (C=O) groups excluding carboxylic acids is 1. The first kappa shape index (κ1) is 17.4. The zero-order valence-electron chi connectivity index (χ0n) is 15.9. The molecule has 5 nitrogen and oxygen atoms in total. The van der Waals surface area contributed by atoms with Crippen molar-refractivity contribution in [1.82, 2.24) is 9.97 Å². The molecule has 3 heterocycles. The van der Waals surface area contributed by atoms with Crippen molar-refractivity contribution in [2.45, 2.75) is 12.8 Å². The molecule has 0 saturated heterocycles. The summed E-state index contributed by atoms with van der Waals surface area (Å²) in [6.45, 7) is 0.786. The number of pyridine rings is 2. The van der Waals surface area contributed by atoms with E-state index in [0.717, 1.165) is 42.0 Å². The first-order valence-electron chi connectivity index (χ1n) is 9.67. The highest BCUT2D eigenvalue weighted by molar-refractivity contribution is 5.96. The van der Waals surface area contributed by atoms with Gasteiger partial charge in [0.25, 0.3) is 0 Å². The Balaban J connectivity index is 1.49. The van der Waals surface area contributed by atoms with Gasteiger partial charge in [-0.05, 0) is 65.9 Å². The van der Waals surface area contributed by atoms with E-state index in [1.165, 1.54) is 16.5 Å². The molecular weight excluding hydrogens is 360 g/mol. The number of carbonyl (C=O) groups is 1. The molecule has 0 saturated carbocycles. The first-order valence-corrected chi connectivity index (χ1v) is 9.67. The van der Waals surface area contributed by atoms with Crippen LogP contribution in [-0.2, 0) is 12.8 Å². The summed E-state index contributed by atoms with van der Waals surface area (Å²) in [5, 5.41) is 1.17. The molecule has 1 aliphatic rings. The standard InChI is InChI=1S/C24H20N4O/c25-24(29)20-5-2-8-22-19(20)10-13-28(22)23-15-16(9-12-27-23)14-17-4-1-7-21-18(17)6-3-11-26-21/h1-9,11-12,15H,10,13-14H2,(H2,25,29). The van der Waals surface area contributed by atoms with Gasteiger partial charge in [-0.1, -0.05) is 24.3 Å². The molecule has 0 atom stereocenters. The van der Waals surface area contributed by atoms with Crippen LogP contribution in [0, 0.1) is 0 Å².